The van der Waals surface area contributed by atoms with Crippen LogP contribution in [0.2, 0.25) is 0 Å². The van der Waals surface area contributed by atoms with Crippen LogP contribution in [-0.4, -0.2) is 54.6 Å². The molecule has 1 aromatic carbocycles. The number of fused-ring (bicyclic) bond motifs is 2. The Kier molecular flexibility index (Phi) is 8.29. The number of hydrogen-bond acceptors (Lipinski definition) is 5. The van der Waals surface area contributed by atoms with Crippen LogP contribution in [0.3, 0.4) is 0 Å². The Labute approximate surface area is 199 Å². The van der Waals surface area contributed by atoms with Crippen LogP contribution in [-0.2, 0) is 14.3 Å². The van der Waals surface area contributed by atoms with Gasteiger partial charge in [0.25, 0.3) is 0 Å². The molecule has 3 fully saturated rings. The van der Waals surface area contributed by atoms with E-state index in [2.05, 4.69) is 10.2 Å². The van der Waals surface area contributed by atoms with Crippen LogP contribution in [0.5, 0.6) is 0 Å². The van der Waals surface area contributed by atoms with E-state index in [0.717, 1.165) is 30.3 Å². The molecule has 182 valence electrons. The van der Waals surface area contributed by atoms with Gasteiger partial charge in [0, 0.05) is 31.1 Å². The molecule has 1 aliphatic carbocycles. The minimum absolute atomic E-state index is 0.0739. The predicted octanol–water partition coefficient (Wildman–Crippen LogP) is 5.12. The second-order valence-electron chi connectivity index (χ2n) is 10.1. The van der Waals surface area contributed by atoms with Crippen LogP contribution in [0.4, 0.5) is 11.4 Å². The molecule has 33 heavy (non-hydrogen) atoms. The van der Waals surface area contributed by atoms with Gasteiger partial charge in [-0.1, -0.05) is 50.7 Å². The van der Waals surface area contributed by atoms with Crippen LogP contribution >= 0.6 is 0 Å². The van der Waals surface area contributed by atoms with Gasteiger partial charge in [-0.15, -0.1) is 0 Å². The maximum absolute atomic E-state index is 13.0. The maximum atomic E-state index is 13.0. The van der Waals surface area contributed by atoms with Gasteiger partial charge in [-0.05, 0) is 50.7 Å². The Morgan fingerprint density at radius 3 is 2.18 bits per heavy atom. The normalized spacial score (nSPS) is 26.7. The lowest BCUT2D eigenvalue weighted by molar-refractivity contribution is -0.138. The fourth-order valence-electron chi connectivity index (χ4n) is 6.62. The van der Waals surface area contributed by atoms with Crippen molar-refractivity contribution in [3.05, 3.63) is 24.3 Å². The second kappa shape index (κ2) is 11.4. The highest BCUT2D eigenvalue weighted by molar-refractivity contribution is 5.96. The van der Waals surface area contributed by atoms with E-state index >= 15 is 0 Å². The molecule has 0 spiro atoms. The van der Waals surface area contributed by atoms with Gasteiger partial charge in [-0.25, -0.2) is 0 Å². The summed E-state index contributed by atoms with van der Waals surface area (Å²) in [5.41, 5.74) is 1.68. The van der Waals surface area contributed by atoms with Crippen molar-refractivity contribution in [2.24, 2.45) is 0 Å². The van der Waals surface area contributed by atoms with Crippen molar-refractivity contribution in [3.63, 3.8) is 0 Å². The third kappa shape index (κ3) is 5.71. The summed E-state index contributed by atoms with van der Waals surface area (Å²) in [6, 6.07) is 9.92. The van der Waals surface area contributed by atoms with Crippen molar-refractivity contribution in [1.29, 1.82) is 0 Å². The number of piperidine rings is 2. The summed E-state index contributed by atoms with van der Waals surface area (Å²) in [5, 5.41) is 3.18. The highest BCUT2D eigenvalue weighted by Gasteiger charge is 2.43. The molecule has 3 atom stereocenters. The van der Waals surface area contributed by atoms with Crippen LogP contribution in [0, 0.1) is 0 Å². The summed E-state index contributed by atoms with van der Waals surface area (Å²) in [5.74, 6) is -0.244. The van der Waals surface area contributed by atoms with E-state index < -0.39 is 0 Å². The molecule has 2 aliphatic heterocycles. The number of nitrogens with one attached hydrogen (secondary N) is 1. The lowest BCUT2D eigenvalue weighted by atomic mass is 9.78. The van der Waals surface area contributed by atoms with Crippen LogP contribution < -0.4 is 10.2 Å². The molecule has 4 rings (SSSR count). The summed E-state index contributed by atoms with van der Waals surface area (Å²) in [6.07, 6.45) is 15.5. The smallest absolute Gasteiger partial charge is 0.325 e. The SMILES string of the molecule is COC(=O)CNc1ccccc1N(C(C)=O)C1C[C@H]2CCC[C@@H](C1)N2C1CCCCCCC1. The van der Waals surface area contributed by atoms with E-state index in [1.165, 1.54) is 71.3 Å². The number of para-hydroxylation sites is 2. The first-order valence-electron chi connectivity index (χ1n) is 13.1. The van der Waals surface area contributed by atoms with E-state index in [9.17, 15) is 9.59 Å². The summed E-state index contributed by atoms with van der Waals surface area (Å²) in [7, 11) is 1.39. The fraction of sp³-hybridized carbons (Fsp3) is 0.704. The van der Waals surface area contributed by atoms with Gasteiger partial charge in [0.2, 0.25) is 5.91 Å². The molecule has 1 aromatic rings. The zero-order chi connectivity index (χ0) is 23.2. The number of carbonyl (C=O) groups excluding carboxylic acids is 2. The van der Waals surface area contributed by atoms with Gasteiger partial charge in [0.05, 0.1) is 18.5 Å². The van der Waals surface area contributed by atoms with E-state index in [-0.39, 0.29) is 24.5 Å². The molecule has 6 heteroatoms. The predicted molar refractivity (Wildman–Crippen MR) is 133 cm³/mol. The van der Waals surface area contributed by atoms with E-state index in [0.29, 0.717) is 12.1 Å². The van der Waals surface area contributed by atoms with Gasteiger partial charge in [0.15, 0.2) is 0 Å². The lowest BCUT2D eigenvalue weighted by Crippen LogP contribution is -2.60. The number of carbonyl (C=O) groups is 2. The lowest BCUT2D eigenvalue weighted by Gasteiger charge is -2.54. The Morgan fingerprint density at radius 2 is 1.55 bits per heavy atom. The molecular formula is C27H41N3O3. The van der Waals surface area contributed by atoms with Gasteiger partial charge in [-0.3, -0.25) is 14.5 Å². The number of rotatable bonds is 6. The van der Waals surface area contributed by atoms with E-state index in [1.54, 1.807) is 6.92 Å². The van der Waals surface area contributed by atoms with Gasteiger partial charge in [-0.2, -0.15) is 0 Å². The summed E-state index contributed by atoms with van der Waals surface area (Å²) in [6.45, 7) is 1.76. The Hall–Kier alpha value is -2.08. The van der Waals surface area contributed by atoms with Crippen molar-refractivity contribution in [1.82, 2.24) is 4.90 Å². The van der Waals surface area contributed by atoms with Crippen LogP contribution in [0.25, 0.3) is 0 Å². The molecule has 1 unspecified atom stereocenters. The summed E-state index contributed by atoms with van der Waals surface area (Å²) in [4.78, 5) is 29.6. The van der Waals surface area contributed by atoms with Gasteiger partial charge >= 0.3 is 5.97 Å². The molecule has 2 heterocycles. The Morgan fingerprint density at radius 1 is 0.939 bits per heavy atom. The number of nitrogens with zero attached hydrogens (tertiary/aromatic N) is 2. The van der Waals surface area contributed by atoms with Crippen molar-refractivity contribution in [2.75, 3.05) is 23.9 Å². The average Bonchev–Trinajstić information content (AvgIpc) is 2.77. The first kappa shape index (κ1) is 24.1. The molecule has 2 bridgehead atoms. The van der Waals surface area contributed by atoms with Crippen molar-refractivity contribution in [3.8, 4) is 0 Å². The number of esters is 1. The number of anilines is 2. The molecule has 2 saturated heterocycles. The summed E-state index contributed by atoms with van der Waals surface area (Å²) >= 11 is 0. The summed E-state index contributed by atoms with van der Waals surface area (Å²) < 4.78 is 4.78. The molecule has 1 saturated carbocycles. The van der Waals surface area contributed by atoms with Crippen molar-refractivity contribution < 1.29 is 14.3 Å². The van der Waals surface area contributed by atoms with Gasteiger partial charge in [0.1, 0.15) is 6.54 Å². The molecule has 1 amide bonds. The number of methoxy groups -OCH3 is 1. The van der Waals surface area contributed by atoms with Crippen LogP contribution in [0.1, 0.15) is 84.0 Å². The Balaban J connectivity index is 1.54. The molecule has 1 N–H and O–H groups in total. The van der Waals surface area contributed by atoms with Crippen molar-refractivity contribution >= 4 is 23.3 Å². The standard InChI is InChI=1S/C27H41N3O3/c1-20(31)29(26-16-9-8-15-25(26)28-19-27(32)33-2)24-17-22-13-10-14-23(18-24)30(22)21-11-6-4-3-5-7-12-21/h8-9,15-16,21-24,28H,3-7,10-14,17-19H2,1-2H3/t22-,23+,24?. The number of benzene rings is 1. The van der Waals surface area contributed by atoms with E-state index in [1.807, 2.05) is 29.2 Å². The molecule has 0 radical (unpaired) electrons. The zero-order valence-electron chi connectivity index (χ0n) is 20.4. The van der Waals surface area contributed by atoms with Crippen molar-refractivity contribution in [2.45, 2.75) is 108 Å². The highest BCUT2D eigenvalue weighted by atomic mass is 16.5. The quantitative estimate of drug-likeness (QED) is 0.603. The molecule has 6 nitrogen and oxygen atoms in total. The fourth-order valence-corrected chi connectivity index (χ4v) is 6.62. The van der Waals surface area contributed by atoms with E-state index in [4.69, 9.17) is 4.74 Å². The largest absolute Gasteiger partial charge is 0.468 e. The molecule has 3 aliphatic rings. The third-order valence-electron chi connectivity index (χ3n) is 8.02. The average molecular weight is 456 g/mol. The molecular weight excluding hydrogens is 414 g/mol. The highest BCUT2D eigenvalue weighted by Crippen LogP contribution is 2.41. The second-order valence-corrected chi connectivity index (χ2v) is 10.1. The number of hydrogen-bond donors (Lipinski definition) is 1. The maximum Gasteiger partial charge on any atom is 0.325 e. The minimum Gasteiger partial charge on any atom is -0.468 e. The number of ether oxygens (including phenoxy) is 1. The molecule has 0 aromatic heterocycles. The zero-order valence-corrected chi connectivity index (χ0v) is 20.4. The third-order valence-corrected chi connectivity index (χ3v) is 8.02. The topological polar surface area (TPSA) is 61.9 Å². The Bertz CT molecular complexity index is 792. The first-order chi connectivity index (χ1) is 16.1. The minimum atomic E-state index is -0.318. The van der Waals surface area contributed by atoms with Crippen LogP contribution in [0.15, 0.2) is 24.3 Å². The first-order valence-corrected chi connectivity index (χ1v) is 13.1. The monoisotopic (exact) mass is 455 g/mol. The van der Waals surface area contributed by atoms with Gasteiger partial charge < -0.3 is 15.0 Å². The number of amides is 1.